The van der Waals surface area contributed by atoms with Crippen LogP contribution in [0.4, 0.5) is 0 Å². The molecular weight excluding hydrogens is 390 g/mol. The van der Waals surface area contributed by atoms with Crippen LogP contribution in [0, 0.1) is 26.7 Å². The molecule has 7 heteroatoms. The van der Waals surface area contributed by atoms with Crippen molar-refractivity contribution in [2.45, 2.75) is 39.8 Å². The molecule has 2 heterocycles. The van der Waals surface area contributed by atoms with Crippen LogP contribution < -0.4 is 10.9 Å². The highest BCUT2D eigenvalue weighted by Crippen LogP contribution is 2.29. The molecule has 1 N–H and O–H groups in total. The van der Waals surface area contributed by atoms with E-state index in [9.17, 15) is 9.59 Å². The molecule has 0 spiro atoms. The molecule has 0 fully saturated rings. The monoisotopic (exact) mass is 415 g/mol. The lowest BCUT2D eigenvalue weighted by Crippen LogP contribution is -2.29. The number of thiophene rings is 1. The lowest BCUT2D eigenvalue weighted by atomic mass is 10.2. The SMILES string of the molecule is Cc1ccc(-n2c(SCC(=O)NCC(C)C)nc3sc(C)c(C)c3c2=O)cc1. The second-order valence-electron chi connectivity index (χ2n) is 7.32. The van der Waals surface area contributed by atoms with Crippen molar-refractivity contribution in [1.29, 1.82) is 0 Å². The molecule has 0 unspecified atom stereocenters. The van der Waals surface area contributed by atoms with E-state index in [0.717, 1.165) is 26.5 Å². The summed E-state index contributed by atoms with van der Waals surface area (Å²) in [6, 6.07) is 7.78. The largest absolute Gasteiger partial charge is 0.355 e. The third-order valence-electron chi connectivity index (χ3n) is 4.50. The fraction of sp³-hybridized carbons (Fsp3) is 0.381. The van der Waals surface area contributed by atoms with Gasteiger partial charge in [0.05, 0.1) is 16.8 Å². The summed E-state index contributed by atoms with van der Waals surface area (Å²) in [6.45, 7) is 10.7. The van der Waals surface area contributed by atoms with Gasteiger partial charge in [0.25, 0.3) is 5.56 Å². The van der Waals surface area contributed by atoms with E-state index in [4.69, 9.17) is 4.98 Å². The smallest absolute Gasteiger partial charge is 0.267 e. The summed E-state index contributed by atoms with van der Waals surface area (Å²) in [4.78, 5) is 32.1. The minimum atomic E-state index is -0.0826. The first-order valence-electron chi connectivity index (χ1n) is 9.27. The Morgan fingerprint density at radius 1 is 1.21 bits per heavy atom. The van der Waals surface area contributed by atoms with Crippen LogP contribution in [0.5, 0.6) is 0 Å². The Labute approximate surface area is 173 Å². The van der Waals surface area contributed by atoms with Crippen LogP contribution in [0.25, 0.3) is 15.9 Å². The van der Waals surface area contributed by atoms with E-state index >= 15 is 0 Å². The topological polar surface area (TPSA) is 64.0 Å². The molecule has 0 bridgehead atoms. The quantitative estimate of drug-likeness (QED) is 0.483. The van der Waals surface area contributed by atoms with Crippen molar-refractivity contribution in [3.05, 3.63) is 50.6 Å². The molecule has 0 aliphatic carbocycles. The second-order valence-corrected chi connectivity index (χ2v) is 9.47. The summed E-state index contributed by atoms with van der Waals surface area (Å²) in [7, 11) is 0. The van der Waals surface area contributed by atoms with Gasteiger partial charge in [-0.25, -0.2) is 4.98 Å². The van der Waals surface area contributed by atoms with Crippen LogP contribution >= 0.6 is 23.1 Å². The molecule has 3 aromatic rings. The summed E-state index contributed by atoms with van der Waals surface area (Å²) < 4.78 is 1.63. The number of nitrogens with zero attached hydrogens (tertiary/aromatic N) is 2. The van der Waals surface area contributed by atoms with E-state index in [0.29, 0.717) is 23.0 Å². The first kappa shape index (κ1) is 20.6. The Balaban J connectivity index is 2.04. The molecule has 3 rings (SSSR count). The maximum absolute atomic E-state index is 13.3. The summed E-state index contributed by atoms with van der Waals surface area (Å²) in [5.41, 5.74) is 2.78. The third-order valence-corrected chi connectivity index (χ3v) is 6.54. The highest BCUT2D eigenvalue weighted by atomic mass is 32.2. The van der Waals surface area contributed by atoms with Gasteiger partial charge in [0.15, 0.2) is 5.16 Å². The van der Waals surface area contributed by atoms with E-state index < -0.39 is 0 Å². The summed E-state index contributed by atoms with van der Waals surface area (Å²) in [5.74, 6) is 0.563. The van der Waals surface area contributed by atoms with Crippen molar-refractivity contribution in [2.75, 3.05) is 12.3 Å². The van der Waals surface area contributed by atoms with Crippen LogP contribution in [0.3, 0.4) is 0 Å². The molecule has 0 saturated carbocycles. The van der Waals surface area contributed by atoms with E-state index in [-0.39, 0.29) is 17.2 Å². The second kappa shape index (κ2) is 8.49. The Bertz CT molecular complexity index is 1070. The van der Waals surface area contributed by atoms with E-state index in [1.54, 1.807) is 4.57 Å². The maximum Gasteiger partial charge on any atom is 0.267 e. The van der Waals surface area contributed by atoms with Crippen LogP contribution in [0.1, 0.15) is 29.9 Å². The van der Waals surface area contributed by atoms with Crippen molar-refractivity contribution in [3.8, 4) is 5.69 Å². The lowest BCUT2D eigenvalue weighted by Gasteiger charge is -2.13. The third kappa shape index (κ3) is 4.31. The van der Waals surface area contributed by atoms with Gasteiger partial charge in [-0.1, -0.05) is 43.3 Å². The molecule has 0 saturated heterocycles. The molecule has 0 atom stereocenters. The van der Waals surface area contributed by atoms with E-state index in [1.807, 2.05) is 45.0 Å². The number of fused-ring (bicyclic) bond motifs is 1. The first-order chi connectivity index (χ1) is 13.3. The van der Waals surface area contributed by atoms with Crippen LogP contribution in [0.15, 0.2) is 34.2 Å². The molecular formula is C21H25N3O2S2. The minimum Gasteiger partial charge on any atom is -0.355 e. The number of benzene rings is 1. The van der Waals surface area contributed by atoms with Crippen LogP contribution in [-0.4, -0.2) is 27.8 Å². The van der Waals surface area contributed by atoms with Crippen molar-refractivity contribution in [1.82, 2.24) is 14.9 Å². The Morgan fingerprint density at radius 2 is 1.89 bits per heavy atom. The predicted molar refractivity (Wildman–Crippen MR) is 118 cm³/mol. The van der Waals surface area contributed by atoms with Gasteiger partial charge >= 0.3 is 0 Å². The number of amides is 1. The van der Waals surface area contributed by atoms with Crippen molar-refractivity contribution >= 4 is 39.2 Å². The van der Waals surface area contributed by atoms with Gasteiger partial charge in [0.1, 0.15) is 4.83 Å². The summed E-state index contributed by atoms with van der Waals surface area (Å²) >= 11 is 2.82. The highest BCUT2D eigenvalue weighted by Gasteiger charge is 2.18. The van der Waals surface area contributed by atoms with Gasteiger partial charge in [0, 0.05) is 11.4 Å². The Kier molecular flexibility index (Phi) is 6.25. The fourth-order valence-corrected chi connectivity index (χ4v) is 4.71. The van der Waals surface area contributed by atoms with E-state index in [2.05, 4.69) is 19.2 Å². The average Bonchev–Trinajstić information content (AvgIpc) is 2.93. The average molecular weight is 416 g/mol. The molecule has 0 radical (unpaired) electrons. The summed E-state index contributed by atoms with van der Waals surface area (Å²) in [5, 5.41) is 4.12. The zero-order chi connectivity index (χ0) is 20.4. The number of hydrogen-bond donors (Lipinski definition) is 1. The molecule has 1 amide bonds. The number of rotatable bonds is 6. The maximum atomic E-state index is 13.3. The van der Waals surface area contributed by atoms with Crippen LogP contribution in [-0.2, 0) is 4.79 Å². The number of carbonyl (C=O) groups excluding carboxylic acids is 1. The highest BCUT2D eigenvalue weighted by molar-refractivity contribution is 7.99. The predicted octanol–water partition coefficient (Wildman–Crippen LogP) is 4.24. The molecule has 0 aliphatic heterocycles. The van der Waals surface area contributed by atoms with Gasteiger partial charge in [-0.2, -0.15) is 0 Å². The Hall–Kier alpha value is -2.12. The molecule has 5 nitrogen and oxygen atoms in total. The van der Waals surface area contributed by atoms with Crippen molar-refractivity contribution in [3.63, 3.8) is 0 Å². The number of hydrogen-bond acceptors (Lipinski definition) is 5. The number of aromatic nitrogens is 2. The summed E-state index contributed by atoms with van der Waals surface area (Å²) in [6.07, 6.45) is 0. The van der Waals surface area contributed by atoms with Gasteiger partial charge in [-0.05, 0) is 44.4 Å². The van der Waals surface area contributed by atoms with Crippen LogP contribution in [0.2, 0.25) is 0 Å². The fourth-order valence-electron chi connectivity index (χ4n) is 2.79. The number of carbonyl (C=O) groups is 1. The zero-order valence-corrected chi connectivity index (χ0v) is 18.5. The van der Waals surface area contributed by atoms with Gasteiger partial charge < -0.3 is 5.32 Å². The standard InChI is InChI=1S/C21H25N3O2S2/c1-12(2)10-22-17(25)11-27-21-23-19-18(14(4)15(5)28-19)20(26)24(21)16-8-6-13(3)7-9-16/h6-9,12H,10-11H2,1-5H3,(H,22,25). The van der Waals surface area contributed by atoms with Gasteiger partial charge in [-0.3, -0.25) is 14.2 Å². The first-order valence-corrected chi connectivity index (χ1v) is 11.1. The van der Waals surface area contributed by atoms with Gasteiger partial charge in [-0.15, -0.1) is 11.3 Å². The van der Waals surface area contributed by atoms with Crippen molar-refractivity contribution < 1.29 is 4.79 Å². The van der Waals surface area contributed by atoms with Gasteiger partial charge in [0.2, 0.25) is 5.91 Å². The molecule has 148 valence electrons. The zero-order valence-electron chi connectivity index (χ0n) is 16.8. The molecule has 0 aliphatic rings. The number of aryl methyl sites for hydroxylation is 3. The number of thioether (sulfide) groups is 1. The molecule has 28 heavy (non-hydrogen) atoms. The van der Waals surface area contributed by atoms with Crippen molar-refractivity contribution in [2.24, 2.45) is 5.92 Å². The van der Waals surface area contributed by atoms with E-state index in [1.165, 1.54) is 23.1 Å². The lowest BCUT2D eigenvalue weighted by molar-refractivity contribution is -0.118. The normalized spacial score (nSPS) is 11.4. The minimum absolute atomic E-state index is 0.0537. The molecule has 1 aromatic carbocycles. The number of nitrogens with one attached hydrogen (secondary N) is 1. The molecule has 2 aromatic heterocycles. The Morgan fingerprint density at radius 3 is 2.54 bits per heavy atom.